The second kappa shape index (κ2) is 6.73. The van der Waals surface area contributed by atoms with E-state index in [0.717, 1.165) is 6.42 Å². The molecule has 1 aromatic carbocycles. The van der Waals surface area contributed by atoms with Gasteiger partial charge in [-0.05, 0) is 18.6 Å². The topological polar surface area (TPSA) is 50.4 Å². The summed E-state index contributed by atoms with van der Waals surface area (Å²) in [6, 6.07) is 4.47. The maximum Gasteiger partial charge on any atom is 0.239 e. The van der Waals surface area contributed by atoms with Crippen LogP contribution in [0.1, 0.15) is 13.3 Å². The Morgan fingerprint density at radius 3 is 2.82 bits per heavy atom. The van der Waals surface area contributed by atoms with Crippen LogP contribution in [0.5, 0.6) is 5.75 Å². The molecule has 1 amide bonds. The number of rotatable bonds is 6. The zero-order chi connectivity index (χ0) is 12.7. The van der Waals surface area contributed by atoms with Gasteiger partial charge in [-0.3, -0.25) is 4.79 Å². The predicted octanol–water partition coefficient (Wildman–Crippen LogP) is 1.77. The van der Waals surface area contributed by atoms with Crippen molar-refractivity contribution in [2.75, 3.05) is 25.5 Å². The fraction of sp³-hybridized carbons (Fsp3) is 0.417. The summed E-state index contributed by atoms with van der Waals surface area (Å²) < 4.78 is 18.1. The van der Waals surface area contributed by atoms with E-state index in [1.54, 1.807) is 6.07 Å². The van der Waals surface area contributed by atoms with E-state index in [-0.39, 0.29) is 18.2 Å². The molecule has 0 radical (unpaired) electrons. The molecule has 94 valence electrons. The molecule has 0 aliphatic heterocycles. The van der Waals surface area contributed by atoms with Gasteiger partial charge in [0.25, 0.3) is 0 Å². The number of ether oxygens (including phenoxy) is 1. The lowest BCUT2D eigenvalue weighted by molar-refractivity contribution is -0.119. The monoisotopic (exact) mass is 240 g/mol. The third-order valence-electron chi connectivity index (χ3n) is 2.18. The van der Waals surface area contributed by atoms with Crippen molar-refractivity contribution in [3.63, 3.8) is 0 Å². The highest BCUT2D eigenvalue weighted by Crippen LogP contribution is 2.20. The third kappa shape index (κ3) is 4.30. The van der Waals surface area contributed by atoms with Crippen molar-refractivity contribution in [2.24, 2.45) is 0 Å². The Hall–Kier alpha value is -1.78. The molecule has 5 heteroatoms. The Morgan fingerprint density at radius 1 is 1.47 bits per heavy atom. The molecule has 0 aromatic heterocycles. The van der Waals surface area contributed by atoms with E-state index in [2.05, 4.69) is 10.6 Å². The third-order valence-corrected chi connectivity index (χ3v) is 2.18. The summed E-state index contributed by atoms with van der Waals surface area (Å²) >= 11 is 0. The van der Waals surface area contributed by atoms with Crippen molar-refractivity contribution in [2.45, 2.75) is 13.3 Å². The summed E-state index contributed by atoms with van der Waals surface area (Å²) in [6.45, 7) is 2.76. The molecule has 4 nitrogen and oxygen atoms in total. The van der Waals surface area contributed by atoms with E-state index in [4.69, 9.17) is 4.74 Å². The number of nitrogens with one attached hydrogen (secondary N) is 2. The molecule has 0 aliphatic carbocycles. The molecular formula is C12H17FN2O2. The summed E-state index contributed by atoms with van der Waals surface area (Å²) in [5, 5.41) is 5.56. The van der Waals surface area contributed by atoms with Gasteiger partial charge in [0.1, 0.15) is 0 Å². The van der Waals surface area contributed by atoms with E-state index in [9.17, 15) is 9.18 Å². The minimum Gasteiger partial charge on any atom is -0.494 e. The minimum atomic E-state index is -0.452. The highest BCUT2D eigenvalue weighted by Gasteiger charge is 2.04. The van der Waals surface area contributed by atoms with Gasteiger partial charge < -0.3 is 15.4 Å². The van der Waals surface area contributed by atoms with Crippen LogP contribution >= 0.6 is 0 Å². The van der Waals surface area contributed by atoms with E-state index in [0.29, 0.717) is 12.2 Å². The van der Waals surface area contributed by atoms with Crippen LogP contribution in [-0.4, -0.2) is 26.1 Å². The molecule has 0 spiro atoms. The number of hydrogen-bond donors (Lipinski definition) is 2. The number of carbonyl (C=O) groups excluding carboxylic acids is 1. The number of hydrogen-bond acceptors (Lipinski definition) is 3. The van der Waals surface area contributed by atoms with Crippen molar-refractivity contribution in [1.29, 1.82) is 0 Å². The number of halogens is 1. The maximum absolute atomic E-state index is 13.3. The summed E-state index contributed by atoms with van der Waals surface area (Å²) in [7, 11) is 1.41. The second-order valence-corrected chi connectivity index (χ2v) is 3.55. The largest absolute Gasteiger partial charge is 0.494 e. The molecule has 0 atom stereocenters. The fourth-order valence-electron chi connectivity index (χ4n) is 1.29. The van der Waals surface area contributed by atoms with E-state index in [1.165, 1.54) is 19.2 Å². The fourth-order valence-corrected chi connectivity index (χ4v) is 1.29. The maximum atomic E-state index is 13.3. The zero-order valence-electron chi connectivity index (χ0n) is 10.0. The average molecular weight is 240 g/mol. The van der Waals surface area contributed by atoms with Gasteiger partial charge in [-0.25, -0.2) is 4.39 Å². The van der Waals surface area contributed by atoms with Crippen molar-refractivity contribution in [1.82, 2.24) is 5.32 Å². The summed E-state index contributed by atoms with van der Waals surface area (Å²) in [4.78, 5) is 11.3. The number of methoxy groups -OCH3 is 1. The molecule has 0 unspecified atom stereocenters. The number of amides is 1. The van der Waals surface area contributed by atoms with Crippen molar-refractivity contribution >= 4 is 11.6 Å². The van der Waals surface area contributed by atoms with Crippen LogP contribution in [0, 0.1) is 5.82 Å². The molecule has 0 saturated carbocycles. The van der Waals surface area contributed by atoms with Gasteiger partial charge in [-0.2, -0.15) is 0 Å². The lowest BCUT2D eigenvalue weighted by Gasteiger charge is -2.08. The van der Waals surface area contributed by atoms with Gasteiger partial charge in [0.15, 0.2) is 11.6 Å². The van der Waals surface area contributed by atoms with Crippen LogP contribution in [0.3, 0.4) is 0 Å². The molecule has 2 N–H and O–H groups in total. The normalized spacial score (nSPS) is 9.82. The molecule has 0 aliphatic rings. The summed E-state index contributed by atoms with van der Waals surface area (Å²) in [5.41, 5.74) is 0.551. The first-order valence-electron chi connectivity index (χ1n) is 5.51. The smallest absolute Gasteiger partial charge is 0.239 e. The molecule has 0 bridgehead atoms. The van der Waals surface area contributed by atoms with E-state index < -0.39 is 5.82 Å². The summed E-state index contributed by atoms with van der Waals surface area (Å²) in [6.07, 6.45) is 0.892. The average Bonchev–Trinajstić information content (AvgIpc) is 2.34. The Bertz CT molecular complexity index is 383. The quantitative estimate of drug-likeness (QED) is 0.796. The van der Waals surface area contributed by atoms with Crippen LogP contribution in [0.15, 0.2) is 18.2 Å². The van der Waals surface area contributed by atoms with Gasteiger partial charge >= 0.3 is 0 Å². The SMILES string of the molecule is CCCNC(=O)CNc1ccc(OC)c(F)c1. The predicted molar refractivity (Wildman–Crippen MR) is 64.7 cm³/mol. The first kappa shape index (κ1) is 13.3. The van der Waals surface area contributed by atoms with Gasteiger partial charge in [-0.1, -0.05) is 6.92 Å². The van der Waals surface area contributed by atoms with Gasteiger partial charge in [0.2, 0.25) is 5.91 Å². The highest BCUT2D eigenvalue weighted by atomic mass is 19.1. The Morgan fingerprint density at radius 2 is 2.24 bits per heavy atom. The number of carbonyl (C=O) groups is 1. The Labute approximate surface area is 100 Å². The zero-order valence-corrected chi connectivity index (χ0v) is 10.0. The minimum absolute atomic E-state index is 0.108. The number of benzene rings is 1. The molecule has 0 heterocycles. The summed E-state index contributed by atoms with van der Waals surface area (Å²) in [5.74, 6) is -0.375. The molecule has 1 rings (SSSR count). The van der Waals surface area contributed by atoms with Crippen LogP contribution in [0.2, 0.25) is 0 Å². The highest BCUT2D eigenvalue weighted by molar-refractivity contribution is 5.80. The Balaban J connectivity index is 2.47. The number of anilines is 1. The van der Waals surface area contributed by atoms with E-state index in [1.807, 2.05) is 6.92 Å². The lowest BCUT2D eigenvalue weighted by atomic mass is 10.3. The van der Waals surface area contributed by atoms with Gasteiger partial charge in [0.05, 0.1) is 13.7 Å². The first-order chi connectivity index (χ1) is 8.17. The molecule has 1 aromatic rings. The molecular weight excluding hydrogens is 223 g/mol. The van der Waals surface area contributed by atoms with E-state index >= 15 is 0 Å². The van der Waals surface area contributed by atoms with Crippen LogP contribution in [0.4, 0.5) is 10.1 Å². The van der Waals surface area contributed by atoms with Crippen molar-refractivity contribution in [3.05, 3.63) is 24.0 Å². The second-order valence-electron chi connectivity index (χ2n) is 3.55. The van der Waals surface area contributed by atoms with Crippen LogP contribution in [-0.2, 0) is 4.79 Å². The molecule has 17 heavy (non-hydrogen) atoms. The van der Waals surface area contributed by atoms with Crippen molar-refractivity contribution in [3.8, 4) is 5.75 Å². The first-order valence-corrected chi connectivity index (χ1v) is 5.51. The van der Waals surface area contributed by atoms with Gasteiger partial charge in [-0.15, -0.1) is 0 Å². The standard InChI is InChI=1S/C12H17FN2O2/c1-3-6-14-12(16)8-15-9-4-5-11(17-2)10(13)7-9/h4-5,7,15H,3,6,8H2,1-2H3,(H,14,16). The van der Waals surface area contributed by atoms with Gasteiger partial charge in [0, 0.05) is 18.3 Å². The molecule has 0 fully saturated rings. The molecule has 0 saturated heterocycles. The van der Waals surface area contributed by atoms with Crippen LogP contribution in [0.25, 0.3) is 0 Å². The van der Waals surface area contributed by atoms with Crippen LogP contribution < -0.4 is 15.4 Å². The van der Waals surface area contributed by atoms with Crippen molar-refractivity contribution < 1.29 is 13.9 Å². The lowest BCUT2D eigenvalue weighted by Crippen LogP contribution is -2.30. The Kier molecular flexibility index (Phi) is 5.26.